The molecule has 0 unspecified atom stereocenters. The van der Waals surface area contributed by atoms with Gasteiger partial charge in [0.05, 0.1) is 18.9 Å². The van der Waals surface area contributed by atoms with E-state index < -0.39 is 0 Å². The Labute approximate surface area is 177 Å². The standard InChI is InChI=1S/C24H27ClN2O2/c1-3-16-11-13-24(14-12-16)27-21(19-5-4-6-22(28-2)23(19)29-24)15-20(26-27)17-7-9-18(25)10-8-17/h4-10,16,21H,3,11-15H2,1-2H3/t16?,21-,24?/m1/s1. The van der Waals surface area contributed by atoms with Crippen molar-refractivity contribution in [2.75, 3.05) is 7.11 Å². The summed E-state index contributed by atoms with van der Waals surface area (Å²) in [6, 6.07) is 14.4. The SMILES string of the molecule is CCC1CCC2(CC1)Oc1c(OC)cccc1[C@H]1CC(c3ccc(Cl)cc3)=NN12. The number of hydrogen-bond donors (Lipinski definition) is 0. The molecule has 1 aliphatic carbocycles. The summed E-state index contributed by atoms with van der Waals surface area (Å²) in [7, 11) is 1.72. The van der Waals surface area contributed by atoms with Gasteiger partial charge < -0.3 is 9.47 Å². The Bertz CT molecular complexity index is 932. The molecule has 5 heteroatoms. The largest absolute Gasteiger partial charge is 0.493 e. The Kier molecular flexibility index (Phi) is 4.70. The molecule has 152 valence electrons. The van der Waals surface area contributed by atoms with Gasteiger partial charge in [-0.3, -0.25) is 0 Å². The van der Waals surface area contributed by atoms with E-state index in [4.69, 9.17) is 26.2 Å². The van der Waals surface area contributed by atoms with E-state index >= 15 is 0 Å². The molecule has 4 nitrogen and oxygen atoms in total. The molecule has 2 heterocycles. The number of fused-ring (bicyclic) bond motifs is 4. The smallest absolute Gasteiger partial charge is 0.198 e. The van der Waals surface area contributed by atoms with Gasteiger partial charge in [0.25, 0.3) is 0 Å². The molecular weight excluding hydrogens is 384 g/mol. The molecule has 1 spiro atoms. The molecular formula is C24H27ClN2O2. The molecule has 2 aromatic rings. The van der Waals surface area contributed by atoms with Crippen molar-refractivity contribution in [1.29, 1.82) is 0 Å². The molecule has 2 aliphatic heterocycles. The van der Waals surface area contributed by atoms with Crippen LogP contribution < -0.4 is 9.47 Å². The number of hydrazone groups is 1. The van der Waals surface area contributed by atoms with Crippen molar-refractivity contribution in [3.05, 3.63) is 58.6 Å². The van der Waals surface area contributed by atoms with Crippen LogP contribution in [-0.2, 0) is 0 Å². The first-order chi connectivity index (χ1) is 14.1. The van der Waals surface area contributed by atoms with Gasteiger partial charge in [-0.05, 0) is 42.5 Å². The van der Waals surface area contributed by atoms with Gasteiger partial charge in [0, 0.05) is 29.8 Å². The molecule has 2 aromatic carbocycles. The van der Waals surface area contributed by atoms with Gasteiger partial charge in [0.1, 0.15) is 0 Å². The fourth-order valence-electron chi connectivity index (χ4n) is 5.11. The molecule has 0 N–H and O–H groups in total. The van der Waals surface area contributed by atoms with Crippen LogP contribution in [0.1, 0.15) is 62.6 Å². The Morgan fingerprint density at radius 3 is 2.62 bits per heavy atom. The van der Waals surface area contributed by atoms with E-state index in [1.807, 2.05) is 24.3 Å². The Morgan fingerprint density at radius 1 is 1.17 bits per heavy atom. The zero-order valence-electron chi connectivity index (χ0n) is 17.0. The monoisotopic (exact) mass is 410 g/mol. The maximum Gasteiger partial charge on any atom is 0.198 e. The zero-order chi connectivity index (χ0) is 20.0. The number of benzene rings is 2. The summed E-state index contributed by atoms with van der Waals surface area (Å²) in [6.45, 7) is 2.29. The summed E-state index contributed by atoms with van der Waals surface area (Å²) in [5.41, 5.74) is 3.01. The minimum absolute atomic E-state index is 0.178. The third kappa shape index (κ3) is 3.09. The lowest BCUT2D eigenvalue weighted by Gasteiger charge is -2.50. The van der Waals surface area contributed by atoms with Crippen molar-refractivity contribution in [2.45, 2.75) is 57.2 Å². The summed E-state index contributed by atoms with van der Waals surface area (Å²) >= 11 is 6.10. The van der Waals surface area contributed by atoms with Crippen molar-refractivity contribution in [3.63, 3.8) is 0 Å². The van der Waals surface area contributed by atoms with Crippen molar-refractivity contribution in [1.82, 2.24) is 5.01 Å². The maximum atomic E-state index is 6.77. The van der Waals surface area contributed by atoms with Crippen LogP contribution in [-0.4, -0.2) is 23.6 Å². The Morgan fingerprint density at radius 2 is 1.93 bits per heavy atom. The quantitative estimate of drug-likeness (QED) is 0.605. The number of ether oxygens (including phenoxy) is 2. The molecule has 29 heavy (non-hydrogen) atoms. The van der Waals surface area contributed by atoms with Gasteiger partial charge in [-0.1, -0.05) is 49.2 Å². The number of para-hydroxylation sites is 1. The Balaban J connectivity index is 1.57. The Hall–Kier alpha value is -2.20. The topological polar surface area (TPSA) is 34.1 Å². The normalized spacial score (nSPS) is 27.8. The average molecular weight is 411 g/mol. The summed E-state index contributed by atoms with van der Waals surface area (Å²) < 4.78 is 12.4. The molecule has 0 amide bonds. The highest BCUT2D eigenvalue weighted by atomic mass is 35.5. The first-order valence-corrected chi connectivity index (χ1v) is 11.0. The second-order valence-electron chi connectivity index (χ2n) is 8.40. The van der Waals surface area contributed by atoms with Gasteiger partial charge in [0.2, 0.25) is 0 Å². The van der Waals surface area contributed by atoms with Crippen LogP contribution in [0.4, 0.5) is 0 Å². The van der Waals surface area contributed by atoms with Crippen LogP contribution >= 0.6 is 11.6 Å². The van der Waals surface area contributed by atoms with Gasteiger partial charge in [0.15, 0.2) is 17.2 Å². The molecule has 0 radical (unpaired) electrons. The van der Waals surface area contributed by atoms with Crippen LogP contribution in [0.15, 0.2) is 47.6 Å². The lowest BCUT2D eigenvalue weighted by molar-refractivity contribution is -0.147. The van der Waals surface area contributed by atoms with E-state index in [2.05, 4.69) is 30.1 Å². The number of nitrogens with zero attached hydrogens (tertiary/aromatic N) is 2. The van der Waals surface area contributed by atoms with E-state index in [0.29, 0.717) is 0 Å². The van der Waals surface area contributed by atoms with Crippen molar-refractivity contribution in [3.8, 4) is 11.5 Å². The molecule has 1 fully saturated rings. The molecule has 5 rings (SSSR count). The highest BCUT2D eigenvalue weighted by Crippen LogP contribution is 2.54. The second kappa shape index (κ2) is 7.24. The molecule has 1 saturated carbocycles. The minimum Gasteiger partial charge on any atom is -0.493 e. The zero-order valence-corrected chi connectivity index (χ0v) is 17.8. The van der Waals surface area contributed by atoms with E-state index in [1.165, 1.54) is 24.8 Å². The summed E-state index contributed by atoms with van der Waals surface area (Å²) in [6.07, 6.45) is 6.45. The molecule has 1 atom stereocenters. The fraction of sp³-hybridized carbons (Fsp3) is 0.458. The summed E-state index contributed by atoms with van der Waals surface area (Å²) in [5.74, 6) is 2.50. The van der Waals surface area contributed by atoms with Crippen LogP contribution in [0.5, 0.6) is 11.5 Å². The summed E-state index contributed by atoms with van der Waals surface area (Å²) in [4.78, 5) is 0. The predicted octanol–water partition coefficient (Wildman–Crippen LogP) is 6.19. The number of halogens is 1. The van der Waals surface area contributed by atoms with Gasteiger partial charge >= 0.3 is 0 Å². The lowest BCUT2D eigenvalue weighted by atomic mass is 9.80. The first-order valence-electron chi connectivity index (χ1n) is 10.6. The number of methoxy groups -OCH3 is 1. The molecule has 3 aliphatic rings. The summed E-state index contributed by atoms with van der Waals surface area (Å²) in [5, 5.41) is 8.15. The predicted molar refractivity (Wildman–Crippen MR) is 116 cm³/mol. The maximum absolute atomic E-state index is 6.77. The number of hydrogen-bond acceptors (Lipinski definition) is 4. The van der Waals surface area contributed by atoms with Crippen molar-refractivity contribution < 1.29 is 9.47 Å². The van der Waals surface area contributed by atoms with Crippen molar-refractivity contribution in [2.24, 2.45) is 11.0 Å². The van der Waals surface area contributed by atoms with Gasteiger partial charge in [-0.15, -0.1) is 0 Å². The highest BCUT2D eigenvalue weighted by molar-refractivity contribution is 6.30. The van der Waals surface area contributed by atoms with Gasteiger partial charge in [-0.2, -0.15) is 5.10 Å². The molecule has 0 saturated heterocycles. The van der Waals surface area contributed by atoms with Crippen LogP contribution in [0, 0.1) is 5.92 Å². The highest BCUT2D eigenvalue weighted by Gasteiger charge is 2.52. The van der Waals surface area contributed by atoms with E-state index in [1.54, 1.807) is 7.11 Å². The average Bonchev–Trinajstić information content (AvgIpc) is 3.21. The van der Waals surface area contributed by atoms with E-state index in [-0.39, 0.29) is 11.8 Å². The third-order valence-corrected chi connectivity index (χ3v) is 7.10. The van der Waals surface area contributed by atoms with Gasteiger partial charge in [-0.25, -0.2) is 5.01 Å². The van der Waals surface area contributed by atoms with E-state index in [0.717, 1.165) is 53.0 Å². The first kappa shape index (κ1) is 18.8. The molecule has 0 bridgehead atoms. The van der Waals surface area contributed by atoms with Crippen LogP contribution in [0.3, 0.4) is 0 Å². The van der Waals surface area contributed by atoms with Crippen LogP contribution in [0.25, 0.3) is 0 Å². The minimum atomic E-state index is -0.383. The second-order valence-corrected chi connectivity index (χ2v) is 8.83. The lowest BCUT2D eigenvalue weighted by Crippen LogP contribution is -2.55. The van der Waals surface area contributed by atoms with E-state index in [9.17, 15) is 0 Å². The fourth-order valence-corrected chi connectivity index (χ4v) is 5.24. The third-order valence-electron chi connectivity index (χ3n) is 6.85. The van der Waals surface area contributed by atoms with Crippen molar-refractivity contribution >= 4 is 17.3 Å². The number of rotatable bonds is 3. The molecule has 0 aromatic heterocycles. The van der Waals surface area contributed by atoms with Crippen LogP contribution in [0.2, 0.25) is 5.02 Å².